The van der Waals surface area contributed by atoms with E-state index in [0.29, 0.717) is 5.54 Å². The van der Waals surface area contributed by atoms with E-state index in [0.717, 1.165) is 6.54 Å². The van der Waals surface area contributed by atoms with Gasteiger partial charge in [0.15, 0.2) is 0 Å². The van der Waals surface area contributed by atoms with Crippen LogP contribution < -0.4 is 5.73 Å². The highest BCUT2D eigenvalue weighted by molar-refractivity contribution is 4.94. The Bertz CT molecular complexity index is 234. The smallest absolute Gasteiger partial charge is 0.0328 e. The summed E-state index contributed by atoms with van der Waals surface area (Å²) < 4.78 is 0. The summed E-state index contributed by atoms with van der Waals surface area (Å²) >= 11 is 0. The fourth-order valence-corrected chi connectivity index (χ4v) is 3.85. The van der Waals surface area contributed by atoms with E-state index < -0.39 is 0 Å². The second-order valence-electron chi connectivity index (χ2n) is 7.24. The molecule has 2 nitrogen and oxygen atoms in total. The Morgan fingerprint density at radius 3 is 1.76 bits per heavy atom. The van der Waals surface area contributed by atoms with E-state index in [-0.39, 0.29) is 0 Å². The largest absolute Gasteiger partial charge is 0.329 e. The Morgan fingerprint density at radius 1 is 0.810 bits per heavy atom. The molecule has 0 atom stereocenters. The molecule has 1 fully saturated rings. The van der Waals surface area contributed by atoms with Gasteiger partial charge in [0.05, 0.1) is 0 Å². The predicted molar refractivity (Wildman–Crippen MR) is 94.7 cm³/mol. The molecule has 0 spiro atoms. The molecule has 0 aliphatic heterocycles. The van der Waals surface area contributed by atoms with Gasteiger partial charge in [-0.1, -0.05) is 77.6 Å². The fourth-order valence-electron chi connectivity index (χ4n) is 3.85. The van der Waals surface area contributed by atoms with Gasteiger partial charge in [0.1, 0.15) is 0 Å². The molecule has 1 saturated carbocycles. The van der Waals surface area contributed by atoms with Gasteiger partial charge in [0, 0.05) is 12.1 Å². The van der Waals surface area contributed by atoms with E-state index >= 15 is 0 Å². The molecule has 21 heavy (non-hydrogen) atoms. The molecule has 1 aliphatic rings. The molecule has 0 aromatic carbocycles. The van der Waals surface area contributed by atoms with Crippen molar-refractivity contribution in [1.82, 2.24) is 4.90 Å². The summed E-state index contributed by atoms with van der Waals surface area (Å²) in [5.41, 5.74) is 6.39. The molecule has 126 valence electrons. The summed E-state index contributed by atoms with van der Waals surface area (Å²) in [5, 5.41) is 0. The van der Waals surface area contributed by atoms with E-state index in [4.69, 9.17) is 5.73 Å². The number of unbranched alkanes of at least 4 members (excludes halogenated alkanes) is 9. The summed E-state index contributed by atoms with van der Waals surface area (Å²) in [7, 11) is 2.30. The van der Waals surface area contributed by atoms with Crippen LogP contribution >= 0.6 is 0 Å². The molecular formula is C19H40N2. The van der Waals surface area contributed by atoms with Gasteiger partial charge in [-0.15, -0.1) is 0 Å². The van der Waals surface area contributed by atoms with Crippen molar-refractivity contribution < 1.29 is 0 Å². The van der Waals surface area contributed by atoms with E-state index in [1.807, 2.05) is 0 Å². The average molecular weight is 297 g/mol. The van der Waals surface area contributed by atoms with Crippen molar-refractivity contribution in [3.63, 3.8) is 0 Å². The lowest BCUT2D eigenvalue weighted by atomic mass is 9.95. The Kier molecular flexibility index (Phi) is 10.4. The Morgan fingerprint density at radius 2 is 1.29 bits per heavy atom. The summed E-state index contributed by atoms with van der Waals surface area (Å²) in [6, 6.07) is 0. The molecule has 0 aromatic rings. The lowest BCUT2D eigenvalue weighted by molar-refractivity contribution is 0.129. The molecular weight excluding hydrogens is 256 g/mol. The standard InChI is InChI=1S/C19H40N2/c1-3-4-5-6-7-8-9-10-11-14-17-21(2)19(18-20)15-12-13-16-19/h3-18,20H2,1-2H3. The van der Waals surface area contributed by atoms with Crippen LogP contribution in [0.3, 0.4) is 0 Å². The van der Waals surface area contributed by atoms with Gasteiger partial charge in [0.25, 0.3) is 0 Å². The summed E-state index contributed by atoms with van der Waals surface area (Å²) in [6.07, 6.45) is 19.6. The molecule has 0 bridgehead atoms. The number of likely N-dealkylation sites (N-methyl/N-ethyl adjacent to an activating group) is 1. The minimum atomic E-state index is 0.347. The Hall–Kier alpha value is -0.0800. The molecule has 0 heterocycles. The van der Waals surface area contributed by atoms with E-state index in [1.54, 1.807) is 0 Å². The van der Waals surface area contributed by atoms with Crippen molar-refractivity contribution >= 4 is 0 Å². The van der Waals surface area contributed by atoms with Crippen molar-refractivity contribution in [3.05, 3.63) is 0 Å². The molecule has 2 heteroatoms. The third kappa shape index (κ3) is 7.15. The van der Waals surface area contributed by atoms with Gasteiger partial charge >= 0.3 is 0 Å². The number of hydrogen-bond acceptors (Lipinski definition) is 2. The SMILES string of the molecule is CCCCCCCCCCCCN(C)C1(CN)CCCC1. The zero-order valence-corrected chi connectivity index (χ0v) is 14.8. The first kappa shape index (κ1) is 19.0. The number of nitrogens with two attached hydrogens (primary N) is 1. The lowest BCUT2D eigenvalue weighted by Crippen LogP contribution is -2.50. The average Bonchev–Trinajstić information content (AvgIpc) is 2.99. The first-order valence-corrected chi connectivity index (χ1v) is 9.66. The summed E-state index contributed by atoms with van der Waals surface area (Å²) in [5.74, 6) is 0. The predicted octanol–water partition coefficient (Wildman–Crippen LogP) is 5.11. The van der Waals surface area contributed by atoms with Crippen molar-refractivity contribution in [3.8, 4) is 0 Å². The highest BCUT2D eigenvalue weighted by Gasteiger charge is 2.35. The fraction of sp³-hybridized carbons (Fsp3) is 1.00. The van der Waals surface area contributed by atoms with Crippen LogP contribution in [0.15, 0.2) is 0 Å². The molecule has 0 radical (unpaired) electrons. The van der Waals surface area contributed by atoms with E-state index in [1.165, 1.54) is 96.4 Å². The van der Waals surface area contributed by atoms with Crippen molar-refractivity contribution in [2.45, 2.75) is 102 Å². The van der Waals surface area contributed by atoms with Crippen molar-refractivity contribution in [2.24, 2.45) is 5.73 Å². The third-order valence-corrected chi connectivity index (χ3v) is 5.57. The van der Waals surface area contributed by atoms with Crippen molar-refractivity contribution in [2.75, 3.05) is 20.1 Å². The van der Waals surface area contributed by atoms with Crippen LogP contribution in [0.4, 0.5) is 0 Å². The zero-order chi connectivity index (χ0) is 15.4. The van der Waals surface area contributed by atoms with Crippen LogP contribution in [0.2, 0.25) is 0 Å². The van der Waals surface area contributed by atoms with Crippen LogP contribution in [0.5, 0.6) is 0 Å². The molecule has 0 aromatic heterocycles. The molecule has 1 aliphatic carbocycles. The highest BCUT2D eigenvalue weighted by atomic mass is 15.2. The minimum Gasteiger partial charge on any atom is -0.329 e. The van der Waals surface area contributed by atoms with Crippen LogP contribution in [-0.4, -0.2) is 30.6 Å². The van der Waals surface area contributed by atoms with Gasteiger partial charge < -0.3 is 5.73 Å². The highest BCUT2D eigenvalue weighted by Crippen LogP contribution is 2.33. The second-order valence-corrected chi connectivity index (χ2v) is 7.24. The van der Waals surface area contributed by atoms with Crippen LogP contribution in [0.25, 0.3) is 0 Å². The first-order valence-electron chi connectivity index (χ1n) is 9.66. The van der Waals surface area contributed by atoms with Gasteiger partial charge in [0.2, 0.25) is 0 Å². The quantitative estimate of drug-likeness (QED) is 0.478. The maximum absolute atomic E-state index is 6.05. The lowest BCUT2D eigenvalue weighted by Gasteiger charge is -2.38. The second kappa shape index (κ2) is 11.5. The topological polar surface area (TPSA) is 29.3 Å². The Balaban J connectivity index is 1.94. The number of hydrogen-bond donors (Lipinski definition) is 1. The van der Waals surface area contributed by atoms with Gasteiger partial charge in [-0.3, -0.25) is 4.90 Å². The Labute approximate surface area is 133 Å². The molecule has 2 N–H and O–H groups in total. The van der Waals surface area contributed by atoms with Gasteiger partial charge in [-0.2, -0.15) is 0 Å². The van der Waals surface area contributed by atoms with Gasteiger partial charge in [-0.25, -0.2) is 0 Å². The van der Waals surface area contributed by atoms with E-state index in [2.05, 4.69) is 18.9 Å². The summed E-state index contributed by atoms with van der Waals surface area (Å²) in [6.45, 7) is 4.38. The maximum atomic E-state index is 6.05. The molecule has 0 amide bonds. The normalized spacial score (nSPS) is 17.7. The van der Waals surface area contributed by atoms with Gasteiger partial charge in [-0.05, 0) is 32.9 Å². The van der Waals surface area contributed by atoms with Crippen LogP contribution in [0, 0.1) is 0 Å². The molecule has 0 saturated heterocycles. The van der Waals surface area contributed by atoms with E-state index in [9.17, 15) is 0 Å². The monoisotopic (exact) mass is 296 g/mol. The maximum Gasteiger partial charge on any atom is 0.0328 e. The third-order valence-electron chi connectivity index (χ3n) is 5.57. The minimum absolute atomic E-state index is 0.347. The first-order chi connectivity index (χ1) is 10.2. The molecule has 0 unspecified atom stereocenters. The zero-order valence-electron chi connectivity index (χ0n) is 14.8. The van der Waals surface area contributed by atoms with Crippen molar-refractivity contribution in [1.29, 1.82) is 0 Å². The molecule has 1 rings (SSSR count). The number of nitrogens with zero attached hydrogens (tertiary/aromatic N) is 1. The van der Waals surface area contributed by atoms with Crippen LogP contribution in [0.1, 0.15) is 96.8 Å². The van der Waals surface area contributed by atoms with Crippen LogP contribution in [-0.2, 0) is 0 Å². The summed E-state index contributed by atoms with van der Waals surface area (Å²) in [4.78, 5) is 2.57. The number of rotatable bonds is 13.